The van der Waals surface area contributed by atoms with Crippen LogP contribution in [0.15, 0.2) is 29.8 Å². The molecule has 1 rings (SSSR count). The monoisotopic (exact) mass is 263 g/mol. The highest BCUT2D eigenvalue weighted by molar-refractivity contribution is 6.33. The minimum atomic E-state index is -4.40. The number of halogens is 4. The van der Waals surface area contributed by atoms with Crippen molar-refractivity contribution in [2.75, 3.05) is 11.9 Å². The van der Waals surface area contributed by atoms with Crippen molar-refractivity contribution in [3.05, 3.63) is 40.4 Å². The lowest BCUT2D eigenvalue weighted by Crippen LogP contribution is -2.11. The topological polar surface area (TPSA) is 12.0 Å². The highest BCUT2D eigenvalue weighted by Gasteiger charge is 2.34. The molecule has 0 atom stereocenters. The molecule has 0 spiro atoms. The molecule has 0 unspecified atom stereocenters. The van der Waals surface area contributed by atoms with Gasteiger partial charge < -0.3 is 5.32 Å². The Balaban J connectivity index is 3.01. The Hall–Kier alpha value is -1.16. The van der Waals surface area contributed by atoms with E-state index in [-0.39, 0.29) is 10.7 Å². The van der Waals surface area contributed by atoms with Crippen LogP contribution in [-0.4, -0.2) is 6.54 Å². The van der Waals surface area contributed by atoms with Crippen LogP contribution in [0.5, 0.6) is 0 Å². The number of rotatable bonds is 3. The van der Waals surface area contributed by atoms with Crippen LogP contribution in [-0.2, 0) is 6.18 Å². The summed E-state index contributed by atoms with van der Waals surface area (Å²) >= 11 is 5.77. The summed E-state index contributed by atoms with van der Waals surface area (Å²) in [6.07, 6.45) is -2.61. The second kappa shape index (κ2) is 5.45. The third-order valence-electron chi connectivity index (χ3n) is 2.11. The summed E-state index contributed by atoms with van der Waals surface area (Å²) < 4.78 is 38.1. The Morgan fingerprint density at radius 3 is 2.53 bits per heavy atom. The summed E-state index contributed by atoms with van der Waals surface area (Å²) in [6, 6.07) is 3.73. The van der Waals surface area contributed by atoms with E-state index < -0.39 is 11.7 Å². The molecule has 94 valence electrons. The van der Waals surface area contributed by atoms with E-state index in [9.17, 15) is 13.2 Å². The maximum Gasteiger partial charge on any atom is 0.418 e. The average molecular weight is 264 g/mol. The number of hydrogen-bond acceptors (Lipinski definition) is 1. The summed E-state index contributed by atoms with van der Waals surface area (Å²) in [4.78, 5) is 0. The molecule has 1 aromatic carbocycles. The van der Waals surface area contributed by atoms with Gasteiger partial charge in [0.2, 0.25) is 0 Å². The number of benzene rings is 1. The van der Waals surface area contributed by atoms with Gasteiger partial charge in [0.05, 0.1) is 16.3 Å². The first kappa shape index (κ1) is 13.9. The molecule has 0 aromatic heterocycles. The third kappa shape index (κ3) is 3.97. The van der Waals surface area contributed by atoms with Gasteiger partial charge in [0.15, 0.2) is 0 Å². The Bertz CT molecular complexity index is 420. The minimum absolute atomic E-state index is 0.0702. The van der Waals surface area contributed by atoms with Gasteiger partial charge in [-0.15, -0.1) is 0 Å². The zero-order valence-electron chi connectivity index (χ0n) is 9.53. The molecule has 0 aliphatic heterocycles. The Kier molecular flexibility index (Phi) is 4.46. The Labute approximate surface area is 103 Å². The molecule has 0 aliphatic rings. The van der Waals surface area contributed by atoms with Crippen molar-refractivity contribution >= 4 is 17.3 Å². The molecule has 0 saturated heterocycles. The molecule has 0 aliphatic carbocycles. The van der Waals surface area contributed by atoms with Crippen molar-refractivity contribution in [2.45, 2.75) is 20.0 Å². The summed E-state index contributed by atoms with van der Waals surface area (Å²) in [7, 11) is 0. The molecule has 0 amide bonds. The molecule has 0 radical (unpaired) electrons. The van der Waals surface area contributed by atoms with Gasteiger partial charge in [0.1, 0.15) is 0 Å². The fourth-order valence-electron chi connectivity index (χ4n) is 1.30. The smallest absolute Gasteiger partial charge is 0.380 e. The van der Waals surface area contributed by atoms with E-state index in [0.717, 1.165) is 11.6 Å². The van der Waals surface area contributed by atoms with Gasteiger partial charge in [-0.25, -0.2) is 0 Å². The maximum atomic E-state index is 12.7. The fraction of sp³-hybridized carbons (Fsp3) is 0.333. The highest BCUT2D eigenvalue weighted by atomic mass is 35.5. The number of anilines is 1. The van der Waals surface area contributed by atoms with E-state index in [1.165, 1.54) is 12.1 Å². The normalized spacial score (nSPS) is 11.2. The van der Waals surface area contributed by atoms with E-state index in [1.807, 2.05) is 13.8 Å². The van der Waals surface area contributed by atoms with Gasteiger partial charge in [0, 0.05) is 6.54 Å². The summed E-state index contributed by atoms with van der Waals surface area (Å²) in [5.74, 6) is 0. The van der Waals surface area contributed by atoms with E-state index >= 15 is 0 Å². The molecule has 0 heterocycles. The van der Waals surface area contributed by atoms with Gasteiger partial charge in [0.25, 0.3) is 0 Å². The molecule has 0 bridgehead atoms. The number of nitrogens with one attached hydrogen (secondary N) is 1. The van der Waals surface area contributed by atoms with E-state index in [4.69, 9.17) is 11.6 Å². The summed E-state index contributed by atoms with van der Waals surface area (Å²) in [5.41, 5.74) is 0.212. The van der Waals surface area contributed by atoms with Crippen LogP contribution in [0.3, 0.4) is 0 Å². The molecular formula is C12H13ClF3N. The van der Waals surface area contributed by atoms with Crippen LogP contribution in [0.2, 0.25) is 5.02 Å². The molecule has 1 aromatic rings. The Morgan fingerprint density at radius 1 is 1.35 bits per heavy atom. The molecule has 17 heavy (non-hydrogen) atoms. The number of allylic oxidation sites excluding steroid dienone is 1. The molecule has 0 saturated carbocycles. The predicted octanol–water partition coefficient (Wildman–Crippen LogP) is 4.74. The Morgan fingerprint density at radius 2 is 2.00 bits per heavy atom. The molecule has 0 fully saturated rings. The van der Waals surface area contributed by atoms with Crippen molar-refractivity contribution in [1.82, 2.24) is 0 Å². The van der Waals surface area contributed by atoms with Crippen LogP contribution in [0.4, 0.5) is 18.9 Å². The van der Waals surface area contributed by atoms with Crippen LogP contribution in [0, 0.1) is 0 Å². The predicted molar refractivity (Wildman–Crippen MR) is 64.4 cm³/mol. The minimum Gasteiger partial charge on any atom is -0.380 e. The van der Waals surface area contributed by atoms with Crippen molar-refractivity contribution < 1.29 is 13.2 Å². The summed E-state index contributed by atoms with van der Waals surface area (Å²) in [6.45, 7) is 4.06. The van der Waals surface area contributed by atoms with Crippen LogP contribution >= 0.6 is 11.6 Å². The first-order valence-electron chi connectivity index (χ1n) is 5.05. The number of para-hydroxylation sites is 1. The molecular weight excluding hydrogens is 251 g/mol. The molecule has 5 heteroatoms. The van der Waals surface area contributed by atoms with Crippen LogP contribution in [0.1, 0.15) is 19.4 Å². The van der Waals surface area contributed by atoms with Gasteiger partial charge in [-0.3, -0.25) is 0 Å². The maximum absolute atomic E-state index is 12.7. The zero-order chi connectivity index (χ0) is 13.1. The summed E-state index contributed by atoms with van der Waals surface area (Å²) in [5, 5.41) is 2.76. The highest BCUT2D eigenvalue weighted by Crippen LogP contribution is 2.38. The average Bonchev–Trinajstić information content (AvgIpc) is 2.18. The van der Waals surface area contributed by atoms with E-state index in [1.54, 1.807) is 6.08 Å². The van der Waals surface area contributed by atoms with Crippen molar-refractivity contribution in [2.24, 2.45) is 0 Å². The largest absolute Gasteiger partial charge is 0.418 e. The lowest BCUT2D eigenvalue weighted by atomic mass is 10.1. The second-order valence-corrected chi connectivity index (χ2v) is 4.23. The second-order valence-electron chi connectivity index (χ2n) is 3.82. The lowest BCUT2D eigenvalue weighted by Gasteiger charge is -2.15. The number of hydrogen-bond donors (Lipinski definition) is 1. The number of alkyl halides is 3. The van der Waals surface area contributed by atoms with Gasteiger partial charge in [-0.1, -0.05) is 29.3 Å². The first-order chi connectivity index (χ1) is 7.82. The van der Waals surface area contributed by atoms with Crippen LogP contribution < -0.4 is 5.32 Å². The lowest BCUT2D eigenvalue weighted by molar-refractivity contribution is -0.136. The fourth-order valence-corrected chi connectivity index (χ4v) is 1.54. The van der Waals surface area contributed by atoms with Gasteiger partial charge >= 0.3 is 6.18 Å². The first-order valence-corrected chi connectivity index (χ1v) is 5.43. The van der Waals surface area contributed by atoms with Crippen molar-refractivity contribution in [1.29, 1.82) is 0 Å². The van der Waals surface area contributed by atoms with Gasteiger partial charge in [-0.2, -0.15) is 13.2 Å². The van der Waals surface area contributed by atoms with Crippen molar-refractivity contribution in [3.8, 4) is 0 Å². The third-order valence-corrected chi connectivity index (χ3v) is 2.42. The SMILES string of the molecule is CC(C)=CCNc1c(Cl)cccc1C(F)(F)F. The molecule has 1 N–H and O–H groups in total. The van der Waals surface area contributed by atoms with E-state index in [0.29, 0.717) is 6.54 Å². The molecule has 1 nitrogen and oxygen atoms in total. The van der Waals surface area contributed by atoms with Gasteiger partial charge in [-0.05, 0) is 26.0 Å². The zero-order valence-corrected chi connectivity index (χ0v) is 10.3. The van der Waals surface area contributed by atoms with E-state index in [2.05, 4.69) is 5.32 Å². The van der Waals surface area contributed by atoms with Crippen molar-refractivity contribution in [3.63, 3.8) is 0 Å². The van der Waals surface area contributed by atoms with Crippen LogP contribution in [0.25, 0.3) is 0 Å². The quantitative estimate of drug-likeness (QED) is 0.777. The standard InChI is InChI=1S/C12H13ClF3N/c1-8(2)6-7-17-11-9(12(14,15)16)4-3-5-10(11)13/h3-6,17H,7H2,1-2H3.